The molecule has 10 heteroatoms. The van der Waals surface area contributed by atoms with Gasteiger partial charge >= 0.3 is 11.8 Å². The van der Waals surface area contributed by atoms with Crippen molar-refractivity contribution in [1.29, 1.82) is 0 Å². The van der Waals surface area contributed by atoms with Gasteiger partial charge in [0.2, 0.25) is 0 Å². The number of carbonyl (C=O) groups is 1. The molecule has 0 fully saturated rings. The standard InChI is InChI=1S/C16H11BrF2N4O3/c1-8-15(21-6-5-20-8)23-14(10-3-4-11(18)12(19)7-10)13(17)16(22-23)26-25-9(2)24/h3-7H,1-2H3. The summed E-state index contributed by atoms with van der Waals surface area (Å²) in [7, 11) is 0. The summed E-state index contributed by atoms with van der Waals surface area (Å²) in [5, 5.41) is 4.19. The van der Waals surface area contributed by atoms with Crippen LogP contribution in [0.3, 0.4) is 0 Å². The van der Waals surface area contributed by atoms with Crippen LogP contribution in [0.5, 0.6) is 5.88 Å². The Bertz CT molecular complexity index is 994. The first-order valence-corrected chi connectivity index (χ1v) is 8.04. The third-order valence-corrected chi connectivity index (χ3v) is 4.00. The molecule has 2 aromatic heterocycles. The lowest BCUT2D eigenvalue weighted by atomic mass is 10.1. The van der Waals surface area contributed by atoms with Crippen molar-refractivity contribution < 1.29 is 23.4 Å². The van der Waals surface area contributed by atoms with Gasteiger partial charge in [0.05, 0.1) is 11.4 Å². The minimum Gasteiger partial charge on any atom is -0.263 e. The largest absolute Gasteiger partial charge is 0.352 e. The van der Waals surface area contributed by atoms with Gasteiger partial charge in [-0.15, -0.1) is 5.10 Å². The van der Waals surface area contributed by atoms with Crippen LogP contribution in [-0.2, 0) is 9.68 Å². The second-order valence-electron chi connectivity index (χ2n) is 5.13. The summed E-state index contributed by atoms with van der Waals surface area (Å²) in [4.78, 5) is 28.8. The summed E-state index contributed by atoms with van der Waals surface area (Å²) in [6.07, 6.45) is 2.96. The van der Waals surface area contributed by atoms with E-state index >= 15 is 0 Å². The molecule has 2 heterocycles. The van der Waals surface area contributed by atoms with Crippen molar-refractivity contribution in [1.82, 2.24) is 19.7 Å². The van der Waals surface area contributed by atoms with Crippen LogP contribution in [0.1, 0.15) is 12.6 Å². The van der Waals surface area contributed by atoms with E-state index in [0.717, 1.165) is 19.1 Å². The van der Waals surface area contributed by atoms with Crippen LogP contribution in [0.25, 0.3) is 17.1 Å². The van der Waals surface area contributed by atoms with E-state index in [1.54, 1.807) is 6.92 Å². The molecule has 0 radical (unpaired) electrons. The van der Waals surface area contributed by atoms with Crippen molar-refractivity contribution in [3.05, 3.63) is 52.4 Å². The number of nitrogens with zero attached hydrogens (tertiary/aromatic N) is 4. The van der Waals surface area contributed by atoms with Gasteiger partial charge in [-0.3, -0.25) is 9.87 Å². The van der Waals surface area contributed by atoms with Crippen LogP contribution in [-0.4, -0.2) is 25.7 Å². The SMILES string of the molecule is CC(=O)OOc1nn(-c2nccnc2C)c(-c2ccc(F)c(F)c2)c1Br. The van der Waals surface area contributed by atoms with E-state index in [4.69, 9.17) is 4.89 Å². The van der Waals surface area contributed by atoms with Crippen molar-refractivity contribution in [2.24, 2.45) is 0 Å². The average molecular weight is 425 g/mol. The molecule has 26 heavy (non-hydrogen) atoms. The van der Waals surface area contributed by atoms with E-state index in [1.807, 2.05) is 0 Å². The maximum absolute atomic E-state index is 13.7. The summed E-state index contributed by atoms with van der Waals surface area (Å²) >= 11 is 3.29. The van der Waals surface area contributed by atoms with Gasteiger partial charge in [-0.2, -0.15) is 0 Å². The summed E-state index contributed by atoms with van der Waals surface area (Å²) in [6, 6.07) is 3.37. The maximum Gasteiger partial charge on any atom is 0.352 e. The quantitative estimate of drug-likeness (QED) is 0.470. The van der Waals surface area contributed by atoms with E-state index < -0.39 is 17.6 Å². The number of rotatable bonds is 4. The van der Waals surface area contributed by atoms with Crippen molar-refractivity contribution in [3.63, 3.8) is 0 Å². The molecule has 0 atom stereocenters. The lowest BCUT2D eigenvalue weighted by Crippen LogP contribution is -2.07. The second-order valence-corrected chi connectivity index (χ2v) is 5.93. The smallest absolute Gasteiger partial charge is 0.263 e. The first kappa shape index (κ1) is 17.9. The van der Waals surface area contributed by atoms with Gasteiger partial charge in [0.15, 0.2) is 17.5 Å². The van der Waals surface area contributed by atoms with E-state index in [9.17, 15) is 13.6 Å². The average Bonchev–Trinajstić information content (AvgIpc) is 2.92. The Labute approximate surface area is 154 Å². The van der Waals surface area contributed by atoms with E-state index in [2.05, 4.69) is 35.9 Å². The first-order chi connectivity index (χ1) is 12.4. The molecule has 3 aromatic rings. The van der Waals surface area contributed by atoms with Crippen molar-refractivity contribution >= 4 is 21.9 Å². The molecule has 0 aliphatic heterocycles. The Hall–Kier alpha value is -2.88. The molecule has 0 bridgehead atoms. The molecule has 0 amide bonds. The number of carbonyl (C=O) groups excluding carboxylic acids is 1. The highest BCUT2D eigenvalue weighted by atomic mass is 79.9. The summed E-state index contributed by atoms with van der Waals surface area (Å²) in [5.74, 6) is -2.45. The summed E-state index contributed by atoms with van der Waals surface area (Å²) in [5.41, 5.74) is 1.14. The summed E-state index contributed by atoms with van der Waals surface area (Å²) < 4.78 is 28.6. The number of aryl methyl sites for hydroxylation is 1. The molecule has 0 aliphatic carbocycles. The minimum atomic E-state index is -1.03. The van der Waals surface area contributed by atoms with Crippen molar-refractivity contribution in [2.75, 3.05) is 0 Å². The second kappa shape index (κ2) is 7.16. The van der Waals surface area contributed by atoms with Crippen LogP contribution in [0.15, 0.2) is 35.1 Å². The molecule has 7 nitrogen and oxygen atoms in total. The zero-order valence-corrected chi connectivity index (χ0v) is 15.1. The van der Waals surface area contributed by atoms with Gasteiger partial charge in [-0.25, -0.2) is 28.1 Å². The van der Waals surface area contributed by atoms with Gasteiger partial charge in [-0.05, 0) is 41.1 Å². The third kappa shape index (κ3) is 3.40. The number of benzene rings is 1. The Morgan fingerprint density at radius 1 is 1.19 bits per heavy atom. The molecule has 1 aromatic carbocycles. The van der Waals surface area contributed by atoms with Crippen molar-refractivity contribution in [3.8, 4) is 23.0 Å². The minimum absolute atomic E-state index is 0.0926. The molecular weight excluding hydrogens is 414 g/mol. The van der Waals surface area contributed by atoms with Crippen LogP contribution in [0.4, 0.5) is 8.78 Å². The fourth-order valence-corrected chi connectivity index (χ4v) is 2.73. The molecule has 3 rings (SSSR count). The highest BCUT2D eigenvalue weighted by molar-refractivity contribution is 9.10. The molecule has 0 saturated carbocycles. The molecule has 0 saturated heterocycles. The first-order valence-electron chi connectivity index (χ1n) is 7.25. The predicted molar refractivity (Wildman–Crippen MR) is 89.3 cm³/mol. The fraction of sp³-hybridized carbons (Fsp3) is 0.125. The van der Waals surface area contributed by atoms with E-state index in [0.29, 0.717) is 22.8 Å². The summed E-state index contributed by atoms with van der Waals surface area (Å²) in [6.45, 7) is 2.87. The van der Waals surface area contributed by atoms with Crippen LogP contribution >= 0.6 is 15.9 Å². The monoisotopic (exact) mass is 424 g/mol. The van der Waals surface area contributed by atoms with E-state index in [-0.39, 0.29) is 10.4 Å². The third-order valence-electron chi connectivity index (χ3n) is 3.29. The van der Waals surface area contributed by atoms with Crippen LogP contribution < -0.4 is 4.89 Å². The molecular formula is C16H11BrF2N4O3. The van der Waals surface area contributed by atoms with Gasteiger partial charge in [0, 0.05) is 24.9 Å². The maximum atomic E-state index is 13.7. The Morgan fingerprint density at radius 3 is 2.58 bits per heavy atom. The fourth-order valence-electron chi connectivity index (χ4n) is 2.18. The van der Waals surface area contributed by atoms with Gasteiger partial charge < -0.3 is 0 Å². The topological polar surface area (TPSA) is 79.1 Å². The molecule has 134 valence electrons. The van der Waals surface area contributed by atoms with Gasteiger partial charge in [0.1, 0.15) is 4.47 Å². The van der Waals surface area contributed by atoms with E-state index in [1.165, 1.54) is 23.1 Å². The number of hydrogen-bond acceptors (Lipinski definition) is 6. The Kier molecular flexibility index (Phi) is 4.94. The number of aromatic nitrogens is 4. The molecule has 0 aliphatic rings. The van der Waals surface area contributed by atoms with Gasteiger partial charge in [0.25, 0.3) is 0 Å². The highest BCUT2D eigenvalue weighted by Gasteiger charge is 2.24. The van der Waals surface area contributed by atoms with Crippen molar-refractivity contribution in [2.45, 2.75) is 13.8 Å². The van der Waals surface area contributed by atoms with Gasteiger partial charge in [-0.1, -0.05) is 0 Å². The Morgan fingerprint density at radius 2 is 1.92 bits per heavy atom. The lowest BCUT2D eigenvalue weighted by molar-refractivity contribution is -0.212. The zero-order chi connectivity index (χ0) is 18.8. The lowest BCUT2D eigenvalue weighted by Gasteiger charge is -2.09. The Balaban J connectivity index is 2.21. The molecule has 0 N–H and O–H groups in total. The number of hydrogen-bond donors (Lipinski definition) is 0. The molecule has 0 spiro atoms. The predicted octanol–water partition coefficient (Wildman–Crippen LogP) is 3.54. The normalized spacial score (nSPS) is 10.7. The highest BCUT2D eigenvalue weighted by Crippen LogP contribution is 2.37. The number of halogens is 3. The zero-order valence-electron chi connectivity index (χ0n) is 13.5. The van der Waals surface area contributed by atoms with Crippen LogP contribution in [0.2, 0.25) is 0 Å². The molecule has 0 unspecified atom stereocenters. The van der Waals surface area contributed by atoms with Crippen LogP contribution in [0, 0.1) is 18.6 Å².